The van der Waals surface area contributed by atoms with Crippen LogP contribution in [0.3, 0.4) is 0 Å². The van der Waals surface area contributed by atoms with Gasteiger partial charge in [-0.2, -0.15) is 0 Å². The van der Waals surface area contributed by atoms with Gasteiger partial charge >= 0.3 is 0 Å². The fourth-order valence-electron chi connectivity index (χ4n) is 1.69. The Hall–Kier alpha value is -1.62. The number of hydrogen-bond acceptors (Lipinski definition) is 4. The Morgan fingerprint density at radius 2 is 2.28 bits per heavy atom. The van der Waals surface area contributed by atoms with Crippen LogP contribution in [0, 0.1) is 6.92 Å². The number of hydrogen-bond donors (Lipinski definition) is 0. The van der Waals surface area contributed by atoms with E-state index < -0.39 is 0 Å². The number of aryl methyl sites for hydroxylation is 1. The molecule has 4 nitrogen and oxygen atoms in total. The fraction of sp³-hybridized carbons (Fsp3) is 0.385. The second-order valence-electron chi connectivity index (χ2n) is 4.41. The topological polar surface area (TPSA) is 46.3 Å². The molecule has 0 atom stereocenters. The molecule has 0 saturated carbocycles. The maximum absolute atomic E-state index is 12.3. The first-order valence-corrected chi connectivity index (χ1v) is 6.76. The lowest BCUT2D eigenvalue weighted by molar-refractivity contribution is 0.0670. The number of carbonyl (C=O) groups is 1. The Morgan fingerprint density at radius 1 is 1.50 bits per heavy atom. The van der Waals surface area contributed by atoms with Crippen LogP contribution in [-0.2, 0) is 6.54 Å². The summed E-state index contributed by atoms with van der Waals surface area (Å²) in [4.78, 5) is 18.1. The molecule has 96 valence electrons. The van der Waals surface area contributed by atoms with Gasteiger partial charge in [0.15, 0.2) is 0 Å². The first kappa shape index (κ1) is 12.8. The molecule has 0 N–H and O–H groups in total. The SMILES string of the molecule is Cc1ccc(CN(C(=O)c2cscn2)C(C)C)o1. The summed E-state index contributed by atoms with van der Waals surface area (Å²) in [6, 6.07) is 3.91. The third kappa shape index (κ3) is 2.79. The van der Waals surface area contributed by atoms with Crippen LogP contribution in [0.4, 0.5) is 0 Å². The highest BCUT2D eigenvalue weighted by Crippen LogP contribution is 2.15. The number of carbonyl (C=O) groups excluding carboxylic acids is 1. The summed E-state index contributed by atoms with van der Waals surface area (Å²) in [5, 5.41) is 1.77. The molecule has 0 saturated heterocycles. The average molecular weight is 264 g/mol. The fourth-order valence-corrected chi connectivity index (χ4v) is 2.22. The van der Waals surface area contributed by atoms with E-state index in [1.807, 2.05) is 32.9 Å². The van der Waals surface area contributed by atoms with Gasteiger partial charge in [0.05, 0.1) is 12.1 Å². The smallest absolute Gasteiger partial charge is 0.273 e. The van der Waals surface area contributed by atoms with Crippen molar-refractivity contribution in [1.82, 2.24) is 9.88 Å². The molecular weight excluding hydrogens is 248 g/mol. The Morgan fingerprint density at radius 3 is 2.78 bits per heavy atom. The summed E-state index contributed by atoms with van der Waals surface area (Å²) >= 11 is 1.43. The lowest BCUT2D eigenvalue weighted by Gasteiger charge is -2.24. The predicted octanol–water partition coefficient (Wildman–Crippen LogP) is 3.10. The summed E-state index contributed by atoms with van der Waals surface area (Å²) in [5.74, 6) is 1.60. The second-order valence-corrected chi connectivity index (χ2v) is 5.13. The van der Waals surface area contributed by atoms with E-state index in [0.29, 0.717) is 12.2 Å². The van der Waals surface area contributed by atoms with Gasteiger partial charge in [0.1, 0.15) is 17.2 Å². The van der Waals surface area contributed by atoms with Gasteiger partial charge in [-0.3, -0.25) is 4.79 Å². The molecule has 0 aliphatic rings. The van der Waals surface area contributed by atoms with Crippen molar-refractivity contribution in [1.29, 1.82) is 0 Å². The molecule has 0 aliphatic heterocycles. The van der Waals surface area contributed by atoms with Crippen LogP contribution < -0.4 is 0 Å². The zero-order valence-electron chi connectivity index (χ0n) is 10.7. The lowest BCUT2D eigenvalue weighted by Crippen LogP contribution is -2.36. The lowest BCUT2D eigenvalue weighted by atomic mass is 10.2. The average Bonchev–Trinajstić information content (AvgIpc) is 2.95. The molecule has 0 aromatic carbocycles. The highest BCUT2D eigenvalue weighted by Gasteiger charge is 2.21. The minimum atomic E-state index is -0.0553. The van der Waals surface area contributed by atoms with E-state index in [9.17, 15) is 4.79 Å². The minimum Gasteiger partial charge on any atom is -0.464 e. The summed E-state index contributed by atoms with van der Waals surface area (Å²) in [6.07, 6.45) is 0. The third-order valence-corrected chi connectivity index (χ3v) is 3.24. The highest BCUT2D eigenvalue weighted by atomic mass is 32.1. The van der Waals surface area contributed by atoms with Gasteiger partial charge < -0.3 is 9.32 Å². The third-order valence-electron chi connectivity index (χ3n) is 2.66. The zero-order valence-corrected chi connectivity index (χ0v) is 11.5. The van der Waals surface area contributed by atoms with Crippen molar-refractivity contribution in [2.45, 2.75) is 33.4 Å². The maximum Gasteiger partial charge on any atom is 0.273 e. The van der Waals surface area contributed by atoms with Crippen LogP contribution in [0.1, 0.15) is 35.9 Å². The quantitative estimate of drug-likeness (QED) is 0.852. The van der Waals surface area contributed by atoms with E-state index in [4.69, 9.17) is 4.42 Å². The number of thiazole rings is 1. The maximum atomic E-state index is 12.3. The Bertz CT molecular complexity index is 517. The summed E-state index contributed by atoms with van der Waals surface area (Å²) < 4.78 is 5.52. The molecule has 0 aliphatic carbocycles. The van der Waals surface area contributed by atoms with Crippen molar-refractivity contribution >= 4 is 17.2 Å². The van der Waals surface area contributed by atoms with Crippen LogP contribution in [-0.4, -0.2) is 21.8 Å². The van der Waals surface area contributed by atoms with Crippen molar-refractivity contribution in [3.05, 3.63) is 40.2 Å². The summed E-state index contributed by atoms with van der Waals surface area (Å²) in [7, 11) is 0. The summed E-state index contributed by atoms with van der Waals surface area (Å²) in [6.45, 7) is 6.34. The molecule has 2 heterocycles. The van der Waals surface area contributed by atoms with Gasteiger partial charge in [0.25, 0.3) is 5.91 Å². The molecule has 2 rings (SSSR count). The molecule has 2 aromatic heterocycles. The Balaban J connectivity index is 2.16. The Labute approximate surface area is 110 Å². The van der Waals surface area contributed by atoms with E-state index >= 15 is 0 Å². The molecule has 5 heteroatoms. The van der Waals surface area contributed by atoms with E-state index in [0.717, 1.165) is 11.5 Å². The molecule has 1 amide bonds. The van der Waals surface area contributed by atoms with Crippen LogP contribution in [0.25, 0.3) is 0 Å². The number of nitrogens with zero attached hydrogens (tertiary/aromatic N) is 2. The Kier molecular flexibility index (Phi) is 3.81. The molecule has 2 aromatic rings. The molecule has 0 fully saturated rings. The van der Waals surface area contributed by atoms with Gasteiger partial charge in [0, 0.05) is 11.4 Å². The van der Waals surface area contributed by atoms with E-state index in [2.05, 4.69) is 4.98 Å². The van der Waals surface area contributed by atoms with Gasteiger partial charge in [-0.1, -0.05) is 0 Å². The van der Waals surface area contributed by atoms with Gasteiger partial charge in [-0.15, -0.1) is 11.3 Å². The van der Waals surface area contributed by atoms with Crippen molar-refractivity contribution < 1.29 is 9.21 Å². The molecule has 0 radical (unpaired) electrons. The molecular formula is C13H16N2O2S. The van der Waals surface area contributed by atoms with Crippen molar-refractivity contribution in [3.63, 3.8) is 0 Å². The second kappa shape index (κ2) is 5.35. The van der Waals surface area contributed by atoms with Crippen molar-refractivity contribution in [2.75, 3.05) is 0 Å². The number of aromatic nitrogens is 1. The molecule has 0 bridgehead atoms. The van der Waals surface area contributed by atoms with Crippen LogP contribution in [0.2, 0.25) is 0 Å². The van der Waals surface area contributed by atoms with Gasteiger partial charge in [0.2, 0.25) is 0 Å². The number of amides is 1. The predicted molar refractivity (Wildman–Crippen MR) is 70.6 cm³/mol. The standard InChI is InChI=1S/C13H16N2O2S/c1-9(2)15(6-11-5-4-10(3)17-11)13(16)12-7-18-8-14-12/h4-5,7-9H,6H2,1-3H3. The monoisotopic (exact) mass is 264 g/mol. The van der Waals surface area contributed by atoms with Crippen LogP contribution >= 0.6 is 11.3 Å². The van der Waals surface area contributed by atoms with E-state index in [1.54, 1.807) is 15.8 Å². The van der Waals surface area contributed by atoms with Crippen LogP contribution in [0.15, 0.2) is 27.4 Å². The van der Waals surface area contributed by atoms with E-state index in [-0.39, 0.29) is 11.9 Å². The molecule has 0 unspecified atom stereocenters. The normalized spacial score (nSPS) is 10.9. The van der Waals surface area contributed by atoms with E-state index in [1.165, 1.54) is 11.3 Å². The minimum absolute atomic E-state index is 0.0553. The first-order chi connectivity index (χ1) is 8.58. The van der Waals surface area contributed by atoms with Crippen molar-refractivity contribution in [2.24, 2.45) is 0 Å². The number of furan rings is 1. The highest BCUT2D eigenvalue weighted by molar-refractivity contribution is 7.07. The molecule has 18 heavy (non-hydrogen) atoms. The largest absolute Gasteiger partial charge is 0.464 e. The zero-order chi connectivity index (χ0) is 13.1. The van der Waals surface area contributed by atoms with Gasteiger partial charge in [-0.05, 0) is 32.9 Å². The summed E-state index contributed by atoms with van der Waals surface area (Å²) in [5.41, 5.74) is 2.17. The van der Waals surface area contributed by atoms with Crippen LogP contribution in [0.5, 0.6) is 0 Å². The van der Waals surface area contributed by atoms with Gasteiger partial charge in [-0.25, -0.2) is 4.98 Å². The first-order valence-electron chi connectivity index (χ1n) is 5.82. The molecule has 0 spiro atoms. The number of rotatable bonds is 4. The van der Waals surface area contributed by atoms with Crippen molar-refractivity contribution in [3.8, 4) is 0 Å².